The second-order valence-electron chi connectivity index (χ2n) is 3.73. The first-order chi connectivity index (χ1) is 7.00. The number of ketones is 1. The molecule has 0 radical (unpaired) electrons. The third-order valence-corrected chi connectivity index (χ3v) is 2.20. The quantitative estimate of drug-likeness (QED) is 0.522. The van der Waals surface area contributed by atoms with Crippen LogP contribution in [0.15, 0.2) is 0 Å². The lowest BCUT2D eigenvalue weighted by molar-refractivity contribution is -0.149. The van der Waals surface area contributed by atoms with Crippen molar-refractivity contribution in [3.63, 3.8) is 0 Å². The van der Waals surface area contributed by atoms with Crippen molar-refractivity contribution in [2.24, 2.45) is 0 Å². The summed E-state index contributed by atoms with van der Waals surface area (Å²) in [7, 11) is 0. The van der Waals surface area contributed by atoms with Crippen LogP contribution in [0.4, 0.5) is 0 Å². The summed E-state index contributed by atoms with van der Waals surface area (Å²) in [6.07, 6.45) is 1.01. The summed E-state index contributed by atoms with van der Waals surface area (Å²) in [4.78, 5) is 33.4. The van der Waals surface area contributed by atoms with Crippen LogP contribution in [0.5, 0.6) is 0 Å². The van der Waals surface area contributed by atoms with Gasteiger partial charge in [0.15, 0.2) is 0 Å². The number of hydrogen-bond acceptors (Lipinski definition) is 4. The molecule has 0 aliphatic heterocycles. The Hall–Kier alpha value is -1.39. The van der Waals surface area contributed by atoms with Crippen LogP contribution in [0.25, 0.3) is 0 Å². The van der Waals surface area contributed by atoms with Gasteiger partial charge in [0.25, 0.3) is 0 Å². The van der Waals surface area contributed by atoms with Gasteiger partial charge in [-0.2, -0.15) is 0 Å². The summed E-state index contributed by atoms with van der Waals surface area (Å²) in [5, 5.41) is 2.55. The van der Waals surface area contributed by atoms with E-state index in [1.165, 1.54) is 6.92 Å². The molecule has 5 heteroatoms. The highest BCUT2D eigenvalue weighted by molar-refractivity contribution is 5.99. The van der Waals surface area contributed by atoms with Crippen LogP contribution in [-0.2, 0) is 19.1 Å². The summed E-state index contributed by atoms with van der Waals surface area (Å²) < 4.78 is 4.84. The van der Waals surface area contributed by atoms with E-state index in [-0.39, 0.29) is 12.2 Å². The summed E-state index contributed by atoms with van der Waals surface area (Å²) in [6, 6.07) is 0. The number of hydrogen-bond donors (Lipinski definition) is 1. The SMILES string of the molecule is CCOC(=O)C1(NC(=O)CC(C)=O)CC1. The van der Waals surface area contributed by atoms with Crippen molar-refractivity contribution in [1.82, 2.24) is 5.32 Å². The lowest BCUT2D eigenvalue weighted by atomic mass is 10.2. The Balaban J connectivity index is 2.46. The third kappa shape index (κ3) is 3.04. The molecule has 0 saturated heterocycles. The van der Waals surface area contributed by atoms with Gasteiger partial charge in [-0.05, 0) is 26.7 Å². The zero-order valence-electron chi connectivity index (χ0n) is 8.96. The van der Waals surface area contributed by atoms with Crippen LogP contribution >= 0.6 is 0 Å². The molecular weight excluding hydrogens is 198 g/mol. The van der Waals surface area contributed by atoms with Crippen LogP contribution < -0.4 is 5.32 Å². The minimum absolute atomic E-state index is 0.179. The molecule has 1 aliphatic carbocycles. The minimum atomic E-state index is -0.845. The van der Waals surface area contributed by atoms with E-state index in [2.05, 4.69) is 5.32 Å². The molecule has 5 nitrogen and oxygen atoms in total. The molecule has 1 aliphatic rings. The Kier molecular flexibility index (Phi) is 3.44. The number of amides is 1. The molecule has 0 aromatic carbocycles. The topological polar surface area (TPSA) is 72.5 Å². The van der Waals surface area contributed by atoms with Gasteiger partial charge >= 0.3 is 5.97 Å². The maximum absolute atomic E-state index is 11.4. The lowest BCUT2D eigenvalue weighted by Crippen LogP contribution is -2.44. The minimum Gasteiger partial charge on any atom is -0.464 e. The van der Waals surface area contributed by atoms with E-state index in [9.17, 15) is 14.4 Å². The molecule has 1 N–H and O–H groups in total. The van der Waals surface area contributed by atoms with Crippen molar-refractivity contribution in [2.75, 3.05) is 6.61 Å². The molecule has 1 saturated carbocycles. The maximum atomic E-state index is 11.4. The molecule has 1 amide bonds. The first-order valence-corrected chi connectivity index (χ1v) is 4.98. The van der Waals surface area contributed by atoms with Gasteiger partial charge in [-0.15, -0.1) is 0 Å². The molecule has 0 aromatic heterocycles. The Morgan fingerprint density at radius 2 is 1.93 bits per heavy atom. The Labute approximate surface area is 88.2 Å². The van der Waals surface area contributed by atoms with Crippen LogP contribution in [0.1, 0.15) is 33.1 Å². The first-order valence-electron chi connectivity index (χ1n) is 4.98. The van der Waals surface area contributed by atoms with Crippen LogP contribution in [0.3, 0.4) is 0 Å². The molecule has 0 aromatic rings. The fourth-order valence-corrected chi connectivity index (χ4v) is 1.31. The number of esters is 1. The highest BCUT2D eigenvalue weighted by atomic mass is 16.5. The smallest absolute Gasteiger partial charge is 0.331 e. The molecule has 1 fully saturated rings. The zero-order valence-corrected chi connectivity index (χ0v) is 8.96. The Morgan fingerprint density at radius 3 is 2.33 bits per heavy atom. The molecule has 0 unspecified atom stereocenters. The molecule has 0 spiro atoms. The van der Waals surface area contributed by atoms with Gasteiger partial charge in [0.2, 0.25) is 5.91 Å². The second kappa shape index (κ2) is 4.42. The molecule has 0 heterocycles. The zero-order chi connectivity index (χ0) is 11.5. The molecule has 15 heavy (non-hydrogen) atoms. The Bertz CT molecular complexity index is 294. The molecule has 1 rings (SSSR count). The van der Waals surface area contributed by atoms with E-state index in [1.807, 2.05) is 0 Å². The summed E-state index contributed by atoms with van der Waals surface area (Å²) in [6.45, 7) is 3.35. The van der Waals surface area contributed by atoms with E-state index in [0.717, 1.165) is 0 Å². The number of rotatable bonds is 5. The summed E-state index contributed by atoms with van der Waals surface area (Å²) in [5.74, 6) is -1.03. The second-order valence-corrected chi connectivity index (χ2v) is 3.73. The van der Waals surface area contributed by atoms with E-state index in [1.54, 1.807) is 6.92 Å². The predicted molar refractivity (Wildman–Crippen MR) is 52.0 cm³/mol. The molecular formula is C10H15NO4. The molecule has 0 bridgehead atoms. The number of Topliss-reactive ketones (excluding diaryl/α,β-unsaturated/α-hetero) is 1. The highest BCUT2D eigenvalue weighted by Gasteiger charge is 2.52. The van der Waals surface area contributed by atoms with Crippen LogP contribution in [-0.4, -0.2) is 29.8 Å². The maximum Gasteiger partial charge on any atom is 0.331 e. The molecule has 84 valence electrons. The third-order valence-electron chi connectivity index (χ3n) is 2.20. The van der Waals surface area contributed by atoms with Gasteiger partial charge in [0.05, 0.1) is 13.0 Å². The largest absolute Gasteiger partial charge is 0.464 e. The average molecular weight is 213 g/mol. The monoisotopic (exact) mass is 213 g/mol. The van der Waals surface area contributed by atoms with Crippen molar-refractivity contribution < 1.29 is 19.1 Å². The van der Waals surface area contributed by atoms with Crippen molar-refractivity contribution in [1.29, 1.82) is 0 Å². The summed E-state index contributed by atoms with van der Waals surface area (Å²) >= 11 is 0. The fraction of sp³-hybridized carbons (Fsp3) is 0.700. The highest BCUT2D eigenvalue weighted by Crippen LogP contribution is 2.36. The lowest BCUT2D eigenvalue weighted by Gasteiger charge is -2.15. The Morgan fingerprint density at radius 1 is 1.33 bits per heavy atom. The van der Waals surface area contributed by atoms with Crippen LogP contribution in [0, 0.1) is 0 Å². The van der Waals surface area contributed by atoms with Crippen molar-refractivity contribution >= 4 is 17.7 Å². The van der Waals surface area contributed by atoms with Crippen molar-refractivity contribution in [3.05, 3.63) is 0 Å². The van der Waals surface area contributed by atoms with Gasteiger partial charge in [-0.3, -0.25) is 9.59 Å². The predicted octanol–water partition coefficient (Wildman–Crippen LogP) is 0.177. The average Bonchev–Trinajstić information content (AvgIpc) is 2.84. The van der Waals surface area contributed by atoms with Crippen molar-refractivity contribution in [2.45, 2.75) is 38.6 Å². The van der Waals surface area contributed by atoms with Gasteiger partial charge < -0.3 is 10.1 Å². The number of nitrogens with one attached hydrogen (secondary N) is 1. The van der Waals surface area contributed by atoms with Gasteiger partial charge in [0, 0.05) is 0 Å². The van der Waals surface area contributed by atoms with E-state index < -0.39 is 17.4 Å². The summed E-state index contributed by atoms with van der Waals surface area (Å²) in [5.41, 5.74) is -0.845. The normalized spacial score (nSPS) is 16.7. The van der Waals surface area contributed by atoms with Gasteiger partial charge in [0.1, 0.15) is 11.3 Å². The standard InChI is InChI=1S/C10H15NO4/c1-3-15-9(14)10(4-5-10)11-8(13)6-7(2)12/h3-6H2,1-2H3,(H,11,13). The number of carbonyl (C=O) groups is 3. The van der Waals surface area contributed by atoms with Crippen molar-refractivity contribution in [3.8, 4) is 0 Å². The number of ether oxygens (including phenoxy) is 1. The van der Waals surface area contributed by atoms with E-state index >= 15 is 0 Å². The van der Waals surface area contributed by atoms with E-state index in [0.29, 0.717) is 19.4 Å². The van der Waals surface area contributed by atoms with Gasteiger partial charge in [-0.25, -0.2) is 4.79 Å². The van der Waals surface area contributed by atoms with E-state index in [4.69, 9.17) is 4.74 Å². The first kappa shape index (κ1) is 11.7. The fourth-order valence-electron chi connectivity index (χ4n) is 1.31. The molecule has 0 atom stereocenters. The number of carbonyl (C=O) groups excluding carboxylic acids is 3. The van der Waals surface area contributed by atoms with Gasteiger partial charge in [-0.1, -0.05) is 0 Å². The van der Waals surface area contributed by atoms with Crippen LogP contribution in [0.2, 0.25) is 0 Å².